The first-order valence-electron chi connectivity index (χ1n) is 2.82. The quantitative estimate of drug-likeness (QED) is 0.588. The van der Waals surface area contributed by atoms with Crippen LogP contribution in [0.25, 0.3) is 0 Å². The predicted molar refractivity (Wildman–Crippen MR) is 36.4 cm³/mol. The van der Waals surface area contributed by atoms with E-state index in [4.69, 9.17) is 4.74 Å². The molecule has 0 radical (unpaired) electrons. The maximum Gasteiger partial charge on any atom is 0.0796 e. The first kappa shape index (κ1) is 6.52. The smallest absolute Gasteiger partial charge is 0.0796 e. The molecule has 0 aromatic rings. The van der Waals surface area contributed by atoms with Crippen LogP contribution in [0.15, 0.2) is 0 Å². The summed E-state index contributed by atoms with van der Waals surface area (Å²) in [4.78, 5) is 0. The fourth-order valence-corrected chi connectivity index (χ4v) is 1.13. The number of hydrogen-bond donors (Lipinski definition) is 1. The predicted octanol–water partition coefficient (Wildman–Crippen LogP) is 0.370. The normalized spacial score (nSPS) is 30.4. The van der Waals surface area contributed by atoms with E-state index in [0.29, 0.717) is 6.10 Å². The highest BCUT2D eigenvalue weighted by atomic mass is 79.9. The second-order valence-corrected chi connectivity index (χ2v) is 2.50. The van der Waals surface area contributed by atoms with E-state index in [1.165, 1.54) is 0 Å². The maximum atomic E-state index is 5.32. The fraction of sp³-hybridized carbons (Fsp3) is 1.00. The third-order valence-corrected chi connectivity index (χ3v) is 1.90. The molecule has 0 aliphatic carbocycles. The second-order valence-electron chi connectivity index (χ2n) is 1.85. The van der Waals surface area contributed by atoms with Gasteiger partial charge in [0.05, 0.1) is 12.7 Å². The van der Waals surface area contributed by atoms with Crippen molar-refractivity contribution in [3.63, 3.8) is 0 Å². The third kappa shape index (κ3) is 1.73. The van der Waals surface area contributed by atoms with Gasteiger partial charge in [0, 0.05) is 18.4 Å². The molecular weight excluding hydrogens is 170 g/mol. The lowest BCUT2D eigenvalue weighted by molar-refractivity contribution is 0.0448. The Kier molecular flexibility index (Phi) is 2.80. The van der Waals surface area contributed by atoms with Crippen LogP contribution in [0.2, 0.25) is 0 Å². The van der Waals surface area contributed by atoms with Crippen molar-refractivity contribution < 1.29 is 4.74 Å². The van der Waals surface area contributed by atoms with Crippen LogP contribution in [0.3, 0.4) is 0 Å². The lowest BCUT2D eigenvalue weighted by Gasteiger charge is -2.21. The molecular formula is C5H10BrNO. The summed E-state index contributed by atoms with van der Waals surface area (Å²) in [7, 11) is 0. The van der Waals surface area contributed by atoms with Gasteiger partial charge < -0.3 is 10.1 Å². The average molecular weight is 180 g/mol. The van der Waals surface area contributed by atoms with E-state index >= 15 is 0 Å². The molecule has 2 nitrogen and oxygen atoms in total. The molecule has 3 heteroatoms. The van der Waals surface area contributed by atoms with Gasteiger partial charge >= 0.3 is 0 Å². The summed E-state index contributed by atoms with van der Waals surface area (Å²) in [5.41, 5.74) is 0. The molecule has 0 aromatic carbocycles. The van der Waals surface area contributed by atoms with Gasteiger partial charge in [0.25, 0.3) is 0 Å². The number of nitrogens with one attached hydrogen (secondary N) is 1. The summed E-state index contributed by atoms with van der Waals surface area (Å²) in [5.74, 6) is 0. The Morgan fingerprint density at radius 1 is 1.75 bits per heavy atom. The molecule has 1 fully saturated rings. The van der Waals surface area contributed by atoms with E-state index in [1.807, 2.05) is 0 Å². The number of ether oxygens (including phenoxy) is 1. The van der Waals surface area contributed by atoms with Gasteiger partial charge in [-0.2, -0.15) is 0 Å². The molecule has 0 spiro atoms. The minimum atomic E-state index is 0.392. The Morgan fingerprint density at radius 2 is 2.62 bits per heavy atom. The van der Waals surface area contributed by atoms with Crippen molar-refractivity contribution >= 4 is 15.9 Å². The molecule has 0 aromatic heterocycles. The van der Waals surface area contributed by atoms with Gasteiger partial charge in [-0.15, -0.1) is 0 Å². The second kappa shape index (κ2) is 3.43. The van der Waals surface area contributed by atoms with E-state index in [9.17, 15) is 0 Å². The van der Waals surface area contributed by atoms with Crippen LogP contribution < -0.4 is 5.32 Å². The van der Waals surface area contributed by atoms with Gasteiger partial charge in [0.1, 0.15) is 0 Å². The average Bonchev–Trinajstić information content (AvgIpc) is 1.90. The highest BCUT2D eigenvalue weighted by molar-refractivity contribution is 9.09. The highest BCUT2D eigenvalue weighted by Gasteiger charge is 2.09. The van der Waals surface area contributed by atoms with Crippen LogP contribution in [0.1, 0.15) is 0 Å². The topological polar surface area (TPSA) is 21.3 Å². The Labute approximate surface area is 57.7 Å². The van der Waals surface area contributed by atoms with Crippen LogP contribution in [0.5, 0.6) is 0 Å². The molecule has 1 unspecified atom stereocenters. The lowest BCUT2D eigenvalue weighted by atomic mass is 10.3. The Bertz CT molecular complexity index is 63.4. The zero-order valence-electron chi connectivity index (χ0n) is 4.69. The van der Waals surface area contributed by atoms with Gasteiger partial charge in [-0.3, -0.25) is 0 Å². The standard InChI is InChI=1S/C5H10BrNO/c6-3-5-4-7-1-2-8-5/h5,7H,1-4H2. The Hall–Kier alpha value is 0.400. The van der Waals surface area contributed by atoms with E-state index in [-0.39, 0.29) is 0 Å². The van der Waals surface area contributed by atoms with Crippen molar-refractivity contribution in [2.75, 3.05) is 25.0 Å². The molecule has 1 rings (SSSR count). The first-order valence-corrected chi connectivity index (χ1v) is 3.94. The molecule has 1 saturated heterocycles. The fourth-order valence-electron chi connectivity index (χ4n) is 0.719. The van der Waals surface area contributed by atoms with Crippen molar-refractivity contribution in [3.05, 3.63) is 0 Å². The minimum Gasteiger partial charge on any atom is -0.375 e. The number of rotatable bonds is 1. The van der Waals surface area contributed by atoms with E-state index < -0.39 is 0 Å². The zero-order chi connectivity index (χ0) is 5.82. The molecule has 1 atom stereocenters. The number of alkyl halides is 1. The van der Waals surface area contributed by atoms with Crippen LogP contribution in [0.4, 0.5) is 0 Å². The molecule has 0 saturated carbocycles. The highest BCUT2D eigenvalue weighted by Crippen LogP contribution is 1.98. The van der Waals surface area contributed by atoms with Gasteiger partial charge in [-0.25, -0.2) is 0 Å². The maximum absolute atomic E-state index is 5.32. The molecule has 1 N–H and O–H groups in total. The van der Waals surface area contributed by atoms with E-state index in [1.54, 1.807) is 0 Å². The summed E-state index contributed by atoms with van der Waals surface area (Å²) in [6.45, 7) is 2.85. The summed E-state index contributed by atoms with van der Waals surface area (Å²) in [6.07, 6.45) is 0.392. The van der Waals surface area contributed by atoms with Crippen molar-refractivity contribution in [3.8, 4) is 0 Å². The molecule has 1 aliphatic heterocycles. The van der Waals surface area contributed by atoms with Crippen LogP contribution in [0, 0.1) is 0 Å². The van der Waals surface area contributed by atoms with Crippen molar-refractivity contribution in [1.29, 1.82) is 0 Å². The molecule has 8 heavy (non-hydrogen) atoms. The third-order valence-electron chi connectivity index (χ3n) is 1.18. The van der Waals surface area contributed by atoms with Gasteiger partial charge in [0.2, 0.25) is 0 Å². The summed E-state index contributed by atoms with van der Waals surface area (Å²) < 4.78 is 5.32. The number of halogens is 1. The molecule has 0 bridgehead atoms. The minimum absolute atomic E-state index is 0.392. The van der Waals surface area contributed by atoms with Crippen LogP contribution in [-0.2, 0) is 4.74 Å². The van der Waals surface area contributed by atoms with Crippen molar-refractivity contribution in [2.24, 2.45) is 0 Å². The summed E-state index contributed by atoms with van der Waals surface area (Å²) in [5, 5.41) is 4.18. The van der Waals surface area contributed by atoms with Gasteiger partial charge in [-0.1, -0.05) is 15.9 Å². The van der Waals surface area contributed by atoms with Gasteiger partial charge in [0.15, 0.2) is 0 Å². The van der Waals surface area contributed by atoms with E-state index in [0.717, 1.165) is 25.0 Å². The van der Waals surface area contributed by atoms with Crippen molar-refractivity contribution in [2.45, 2.75) is 6.10 Å². The number of hydrogen-bond acceptors (Lipinski definition) is 2. The van der Waals surface area contributed by atoms with Gasteiger partial charge in [-0.05, 0) is 0 Å². The molecule has 1 heterocycles. The monoisotopic (exact) mass is 179 g/mol. The lowest BCUT2D eigenvalue weighted by Crippen LogP contribution is -2.39. The van der Waals surface area contributed by atoms with E-state index in [2.05, 4.69) is 21.2 Å². The largest absolute Gasteiger partial charge is 0.375 e. The molecule has 0 amide bonds. The summed E-state index contributed by atoms with van der Waals surface area (Å²) >= 11 is 3.35. The van der Waals surface area contributed by atoms with Crippen LogP contribution in [-0.4, -0.2) is 31.1 Å². The zero-order valence-corrected chi connectivity index (χ0v) is 6.28. The summed E-state index contributed by atoms with van der Waals surface area (Å²) in [6, 6.07) is 0. The molecule has 48 valence electrons. The molecule has 1 aliphatic rings. The van der Waals surface area contributed by atoms with Crippen molar-refractivity contribution in [1.82, 2.24) is 5.32 Å². The van der Waals surface area contributed by atoms with Crippen LogP contribution >= 0.6 is 15.9 Å². The SMILES string of the molecule is BrCC1CNCCO1. The number of morpholine rings is 1. The Balaban J connectivity index is 2.13. The first-order chi connectivity index (χ1) is 3.93. The Morgan fingerprint density at radius 3 is 3.00 bits per heavy atom.